The summed E-state index contributed by atoms with van der Waals surface area (Å²) in [6, 6.07) is 0. The quantitative estimate of drug-likeness (QED) is 0.740. The van der Waals surface area contributed by atoms with Gasteiger partial charge in [0.2, 0.25) is 5.91 Å². The largest absolute Gasteiger partial charge is 0.376 e. The van der Waals surface area contributed by atoms with Crippen molar-refractivity contribution in [1.29, 1.82) is 0 Å². The average Bonchev–Trinajstić information content (AvgIpc) is 2.82. The van der Waals surface area contributed by atoms with E-state index in [2.05, 4.69) is 29.4 Å². The number of rotatable bonds is 4. The summed E-state index contributed by atoms with van der Waals surface area (Å²) >= 11 is 0. The molecule has 0 saturated carbocycles. The highest BCUT2D eigenvalue weighted by Gasteiger charge is 2.30. The molecule has 1 atom stereocenters. The van der Waals surface area contributed by atoms with E-state index in [1.54, 1.807) is 0 Å². The fourth-order valence-corrected chi connectivity index (χ4v) is 2.58. The average molecular weight is 255 g/mol. The highest BCUT2D eigenvalue weighted by atomic mass is 16.5. The topological polar surface area (TPSA) is 53.6 Å². The van der Waals surface area contributed by atoms with Crippen LogP contribution in [0, 0.1) is 0 Å². The maximum atomic E-state index is 11.9. The smallest absolute Gasteiger partial charge is 0.234 e. The van der Waals surface area contributed by atoms with Gasteiger partial charge in [-0.15, -0.1) is 0 Å². The van der Waals surface area contributed by atoms with E-state index in [1.807, 2.05) is 0 Å². The number of carbonyl (C=O) groups is 1. The van der Waals surface area contributed by atoms with E-state index >= 15 is 0 Å². The minimum Gasteiger partial charge on any atom is -0.376 e. The van der Waals surface area contributed by atoms with Gasteiger partial charge in [0.05, 0.1) is 12.6 Å². The van der Waals surface area contributed by atoms with Crippen LogP contribution < -0.4 is 10.6 Å². The van der Waals surface area contributed by atoms with Crippen LogP contribution in [0.5, 0.6) is 0 Å². The van der Waals surface area contributed by atoms with Gasteiger partial charge in [-0.1, -0.05) is 0 Å². The van der Waals surface area contributed by atoms with Crippen molar-refractivity contribution in [2.24, 2.45) is 0 Å². The minimum absolute atomic E-state index is 0.0550. The Morgan fingerprint density at radius 2 is 2.39 bits per heavy atom. The predicted molar refractivity (Wildman–Crippen MR) is 70.5 cm³/mol. The van der Waals surface area contributed by atoms with Crippen LogP contribution in [-0.2, 0) is 9.53 Å². The highest BCUT2D eigenvalue weighted by Crippen LogP contribution is 2.15. The van der Waals surface area contributed by atoms with Gasteiger partial charge in [-0.2, -0.15) is 0 Å². The molecule has 0 radical (unpaired) electrons. The minimum atomic E-state index is 0.0550. The van der Waals surface area contributed by atoms with Crippen molar-refractivity contribution in [3.63, 3.8) is 0 Å². The van der Waals surface area contributed by atoms with E-state index in [1.165, 1.54) is 0 Å². The first-order chi connectivity index (χ1) is 8.58. The van der Waals surface area contributed by atoms with E-state index in [4.69, 9.17) is 4.74 Å². The van der Waals surface area contributed by atoms with Gasteiger partial charge in [0, 0.05) is 38.3 Å². The molecule has 2 N–H and O–H groups in total. The lowest BCUT2D eigenvalue weighted by atomic mass is 10.0. The van der Waals surface area contributed by atoms with Crippen LogP contribution in [-0.4, -0.2) is 61.8 Å². The Hall–Kier alpha value is -0.650. The van der Waals surface area contributed by atoms with Gasteiger partial charge >= 0.3 is 0 Å². The zero-order chi connectivity index (χ0) is 13.0. The summed E-state index contributed by atoms with van der Waals surface area (Å²) < 4.78 is 5.50. The number of hydrogen-bond acceptors (Lipinski definition) is 4. The summed E-state index contributed by atoms with van der Waals surface area (Å²) in [6.45, 7) is 9.16. The molecule has 104 valence electrons. The van der Waals surface area contributed by atoms with Gasteiger partial charge < -0.3 is 15.4 Å². The second-order valence-corrected chi connectivity index (χ2v) is 5.85. The molecular formula is C13H25N3O2. The van der Waals surface area contributed by atoms with E-state index in [9.17, 15) is 4.79 Å². The van der Waals surface area contributed by atoms with E-state index < -0.39 is 0 Å². The fraction of sp³-hybridized carbons (Fsp3) is 0.923. The summed E-state index contributed by atoms with van der Waals surface area (Å²) in [7, 11) is 0. The van der Waals surface area contributed by atoms with Gasteiger partial charge in [-0.3, -0.25) is 9.69 Å². The molecule has 2 fully saturated rings. The van der Waals surface area contributed by atoms with Crippen molar-refractivity contribution in [2.45, 2.75) is 38.3 Å². The third-order valence-electron chi connectivity index (χ3n) is 3.86. The molecule has 2 aliphatic rings. The van der Waals surface area contributed by atoms with Crippen LogP contribution in [0.1, 0.15) is 26.7 Å². The second-order valence-electron chi connectivity index (χ2n) is 5.85. The van der Waals surface area contributed by atoms with Gasteiger partial charge in [-0.25, -0.2) is 0 Å². The fourth-order valence-electron chi connectivity index (χ4n) is 2.58. The molecule has 0 bridgehead atoms. The van der Waals surface area contributed by atoms with Gasteiger partial charge in [0.25, 0.3) is 0 Å². The van der Waals surface area contributed by atoms with Gasteiger partial charge in [-0.05, 0) is 26.7 Å². The molecule has 0 aliphatic carbocycles. The summed E-state index contributed by atoms with van der Waals surface area (Å²) in [5.74, 6) is 0.112. The van der Waals surface area contributed by atoms with Crippen molar-refractivity contribution in [3.05, 3.63) is 0 Å². The molecule has 0 aromatic rings. The first-order valence-corrected chi connectivity index (χ1v) is 6.92. The Labute approximate surface area is 109 Å². The van der Waals surface area contributed by atoms with E-state index in [0.29, 0.717) is 13.1 Å². The molecule has 5 heteroatoms. The number of hydrogen-bond donors (Lipinski definition) is 2. The maximum Gasteiger partial charge on any atom is 0.234 e. The first kappa shape index (κ1) is 13.8. The summed E-state index contributed by atoms with van der Waals surface area (Å²) in [5.41, 5.74) is 0.0550. The molecule has 1 amide bonds. The van der Waals surface area contributed by atoms with E-state index in [-0.39, 0.29) is 17.6 Å². The first-order valence-electron chi connectivity index (χ1n) is 6.92. The van der Waals surface area contributed by atoms with Crippen LogP contribution in [0.4, 0.5) is 0 Å². The number of nitrogens with one attached hydrogen (secondary N) is 2. The van der Waals surface area contributed by atoms with Crippen LogP contribution in [0.15, 0.2) is 0 Å². The Balaban J connectivity index is 1.72. The molecule has 1 unspecified atom stereocenters. The molecule has 0 aromatic carbocycles. The van der Waals surface area contributed by atoms with Crippen molar-refractivity contribution in [1.82, 2.24) is 15.5 Å². The zero-order valence-corrected chi connectivity index (χ0v) is 11.5. The monoisotopic (exact) mass is 255 g/mol. The maximum absolute atomic E-state index is 11.9. The van der Waals surface area contributed by atoms with Crippen molar-refractivity contribution < 1.29 is 9.53 Å². The molecular weight excluding hydrogens is 230 g/mol. The number of nitrogens with zero attached hydrogens (tertiary/aromatic N) is 1. The van der Waals surface area contributed by atoms with Crippen molar-refractivity contribution in [3.8, 4) is 0 Å². The Morgan fingerprint density at radius 1 is 1.56 bits per heavy atom. The lowest BCUT2D eigenvalue weighted by molar-refractivity contribution is -0.124. The molecule has 0 spiro atoms. The van der Waals surface area contributed by atoms with Gasteiger partial charge in [0.15, 0.2) is 0 Å². The second kappa shape index (κ2) is 5.99. The summed E-state index contributed by atoms with van der Waals surface area (Å²) in [6.07, 6.45) is 2.41. The Morgan fingerprint density at radius 3 is 3.06 bits per heavy atom. The standard InChI is InChI=1S/C13H25N3O2/c1-13(2)10-14-5-6-16(13)9-12(17)15-8-11-4-3-7-18-11/h11,14H,3-10H2,1-2H3,(H,15,17). The Kier molecular flexibility index (Phi) is 4.59. The molecule has 2 rings (SSSR count). The normalized spacial score (nSPS) is 28.2. The number of carbonyl (C=O) groups excluding carboxylic acids is 1. The molecule has 18 heavy (non-hydrogen) atoms. The lowest BCUT2D eigenvalue weighted by Gasteiger charge is -2.42. The zero-order valence-electron chi connectivity index (χ0n) is 11.5. The van der Waals surface area contributed by atoms with Crippen LogP contribution in [0.25, 0.3) is 0 Å². The number of piperazine rings is 1. The predicted octanol–water partition coefficient (Wildman–Crippen LogP) is -0.0346. The lowest BCUT2D eigenvalue weighted by Crippen LogP contribution is -2.60. The van der Waals surface area contributed by atoms with Crippen molar-refractivity contribution in [2.75, 3.05) is 39.3 Å². The number of amides is 1. The third-order valence-corrected chi connectivity index (χ3v) is 3.86. The van der Waals surface area contributed by atoms with E-state index in [0.717, 1.165) is 39.1 Å². The Bertz CT molecular complexity index is 288. The molecule has 2 saturated heterocycles. The molecule has 0 aromatic heterocycles. The summed E-state index contributed by atoms with van der Waals surface area (Å²) in [5, 5.41) is 6.35. The third kappa shape index (κ3) is 3.67. The SMILES string of the molecule is CC1(C)CNCCN1CC(=O)NCC1CCCO1. The van der Waals surface area contributed by atoms with Crippen LogP contribution in [0.2, 0.25) is 0 Å². The summed E-state index contributed by atoms with van der Waals surface area (Å²) in [4.78, 5) is 14.2. The molecule has 5 nitrogen and oxygen atoms in total. The van der Waals surface area contributed by atoms with Gasteiger partial charge in [0.1, 0.15) is 0 Å². The number of ether oxygens (including phenoxy) is 1. The van der Waals surface area contributed by atoms with Crippen molar-refractivity contribution >= 4 is 5.91 Å². The van der Waals surface area contributed by atoms with Crippen LogP contribution >= 0.6 is 0 Å². The van der Waals surface area contributed by atoms with Crippen LogP contribution in [0.3, 0.4) is 0 Å². The molecule has 2 heterocycles. The highest BCUT2D eigenvalue weighted by molar-refractivity contribution is 5.78. The molecule has 2 aliphatic heterocycles.